The predicted octanol–water partition coefficient (Wildman–Crippen LogP) is 3.54. The van der Waals surface area contributed by atoms with Crippen LogP contribution in [0, 0.1) is 0 Å². The van der Waals surface area contributed by atoms with Gasteiger partial charge in [0.15, 0.2) is 16.6 Å². The van der Waals surface area contributed by atoms with E-state index in [9.17, 15) is 4.79 Å². The first-order chi connectivity index (χ1) is 14.8. The number of hydrogen-bond acceptors (Lipinski definition) is 7. The summed E-state index contributed by atoms with van der Waals surface area (Å²) in [5, 5.41) is 18.2. The maximum Gasteiger partial charge on any atom is 0.323 e. The molecule has 0 saturated carbocycles. The van der Waals surface area contributed by atoms with Crippen molar-refractivity contribution in [1.29, 1.82) is 0 Å². The molecule has 0 aliphatic rings. The van der Waals surface area contributed by atoms with Crippen molar-refractivity contribution in [3.8, 4) is 5.82 Å². The second kappa shape index (κ2) is 8.10. The van der Waals surface area contributed by atoms with Crippen LogP contribution >= 0.6 is 23.2 Å². The summed E-state index contributed by atoms with van der Waals surface area (Å²) < 4.78 is 7.13. The van der Waals surface area contributed by atoms with Crippen molar-refractivity contribution in [3.63, 3.8) is 0 Å². The third-order valence-corrected chi connectivity index (χ3v) is 4.93. The SMILES string of the molecule is COC(C)(C)c1c(NC(=O)Nc2cnc(-n3nccn3)c(Cl)c2)cnc2cc(Cl)nn12. The number of carbonyl (C=O) groups excluding carboxylic acids is 1. The number of nitrogens with one attached hydrogen (secondary N) is 2. The highest BCUT2D eigenvalue weighted by molar-refractivity contribution is 6.32. The molecule has 0 saturated heterocycles. The zero-order valence-corrected chi connectivity index (χ0v) is 18.2. The Kier molecular flexibility index (Phi) is 5.48. The van der Waals surface area contributed by atoms with Gasteiger partial charge in [-0.15, -0.1) is 4.80 Å². The van der Waals surface area contributed by atoms with E-state index in [0.717, 1.165) is 0 Å². The molecular formula is C18H17Cl2N9O2. The first-order valence-electron chi connectivity index (χ1n) is 8.98. The molecule has 2 N–H and O–H groups in total. The van der Waals surface area contributed by atoms with Crippen LogP contribution in [0.5, 0.6) is 0 Å². The Labute approximate surface area is 186 Å². The van der Waals surface area contributed by atoms with Gasteiger partial charge < -0.3 is 15.4 Å². The number of amides is 2. The van der Waals surface area contributed by atoms with Gasteiger partial charge in [0.2, 0.25) is 0 Å². The van der Waals surface area contributed by atoms with Crippen LogP contribution in [0.4, 0.5) is 16.2 Å². The summed E-state index contributed by atoms with van der Waals surface area (Å²) >= 11 is 12.3. The Balaban J connectivity index is 1.60. The van der Waals surface area contributed by atoms with Gasteiger partial charge in [-0.05, 0) is 19.9 Å². The largest absolute Gasteiger partial charge is 0.372 e. The first kappa shape index (κ1) is 21.0. The number of ether oxygens (including phenoxy) is 1. The Morgan fingerprint density at radius 1 is 1.10 bits per heavy atom. The fourth-order valence-corrected chi connectivity index (χ4v) is 3.34. The van der Waals surface area contributed by atoms with Crippen molar-refractivity contribution in [2.75, 3.05) is 17.7 Å². The monoisotopic (exact) mass is 461 g/mol. The van der Waals surface area contributed by atoms with Crippen LogP contribution in [0.2, 0.25) is 10.2 Å². The lowest BCUT2D eigenvalue weighted by Gasteiger charge is -2.26. The Bertz CT molecular complexity index is 1250. The van der Waals surface area contributed by atoms with Gasteiger partial charge in [-0.1, -0.05) is 23.2 Å². The fourth-order valence-electron chi connectivity index (χ4n) is 2.93. The van der Waals surface area contributed by atoms with Gasteiger partial charge in [0.25, 0.3) is 0 Å². The Hall–Kier alpha value is -3.28. The quantitative estimate of drug-likeness (QED) is 0.465. The van der Waals surface area contributed by atoms with Crippen molar-refractivity contribution >= 4 is 46.3 Å². The minimum absolute atomic E-state index is 0.268. The number of urea groups is 1. The molecule has 0 aliphatic carbocycles. The van der Waals surface area contributed by atoms with Crippen molar-refractivity contribution in [3.05, 3.63) is 52.8 Å². The van der Waals surface area contributed by atoms with E-state index in [1.54, 1.807) is 19.2 Å². The van der Waals surface area contributed by atoms with E-state index >= 15 is 0 Å². The van der Waals surface area contributed by atoms with Crippen molar-refractivity contribution in [2.24, 2.45) is 0 Å². The lowest BCUT2D eigenvalue weighted by molar-refractivity contribution is 0.0143. The molecule has 0 radical (unpaired) electrons. The zero-order valence-electron chi connectivity index (χ0n) is 16.7. The van der Waals surface area contributed by atoms with Gasteiger partial charge in [-0.2, -0.15) is 15.3 Å². The molecule has 0 unspecified atom stereocenters. The second-order valence-corrected chi connectivity index (χ2v) is 7.69. The molecule has 0 aromatic carbocycles. The number of aromatic nitrogens is 7. The summed E-state index contributed by atoms with van der Waals surface area (Å²) in [6, 6.07) is 2.63. The van der Waals surface area contributed by atoms with Gasteiger partial charge in [-0.3, -0.25) is 0 Å². The van der Waals surface area contributed by atoms with Gasteiger partial charge in [-0.25, -0.2) is 19.3 Å². The molecule has 4 heterocycles. The number of halogens is 2. The minimum Gasteiger partial charge on any atom is -0.372 e. The lowest BCUT2D eigenvalue weighted by Crippen LogP contribution is -2.28. The minimum atomic E-state index is -0.803. The van der Waals surface area contributed by atoms with Crippen LogP contribution in [0.15, 0.2) is 36.9 Å². The number of pyridine rings is 1. The Morgan fingerprint density at radius 2 is 1.84 bits per heavy atom. The highest BCUT2D eigenvalue weighted by Crippen LogP contribution is 2.31. The Morgan fingerprint density at radius 3 is 2.52 bits per heavy atom. The topological polar surface area (TPSA) is 124 Å². The molecule has 4 aromatic rings. The van der Waals surface area contributed by atoms with E-state index in [1.807, 2.05) is 13.8 Å². The van der Waals surface area contributed by atoms with Crippen molar-refractivity contribution < 1.29 is 9.53 Å². The predicted molar refractivity (Wildman–Crippen MR) is 115 cm³/mol. The molecule has 4 rings (SSSR count). The summed E-state index contributed by atoms with van der Waals surface area (Å²) in [7, 11) is 1.56. The number of methoxy groups -OCH3 is 1. The van der Waals surface area contributed by atoms with Gasteiger partial charge >= 0.3 is 6.03 Å². The molecule has 13 heteroatoms. The molecule has 4 aromatic heterocycles. The van der Waals surface area contributed by atoms with Crippen molar-refractivity contribution in [2.45, 2.75) is 19.4 Å². The van der Waals surface area contributed by atoms with E-state index in [-0.39, 0.29) is 10.2 Å². The van der Waals surface area contributed by atoms with Crippen LogP contribution in [-0.4, -0.2) is 47.7 Å². The van der Waals surface area contributed by atoms with Crippen LogP contribution in [-0.2, 0) is 10.3 Å². The zero-order chi connectivity index (χ0) is 22.2. The smallest absolute Gasteiger partial charge is 0.323 e. The van der Waals surface area contributed by atoms with Gasteiger partial charge in [0.05, 0.1) is 41.2 Å². The first-order valence-corrected chi connectivity index (χ1v) is 9.74. The average molecular weight is 462 g/mol. The number of anilines is 2. The number of fused-ring (bicyclic) bond motifs is 1. The molecule has 31 heavy (non-hydrogen) atoms. The summed E-state index contributed by atoms with van der Waals surface area (Å²) in [5.41, 5.74) is 1.06. The van der Waals surface area contributed by atoms with Crippen molar-refractivity contribution in [1.82, 2.24) is 34.6 Å². The molecule has 2 amide bonds. The van der Waals surface area contributed by atoms with Crippen LogP contribution in [0.1, 0.15) is 19.5 Å². The number of nitrogens with zero attached hydrogens (tertiary/aromatic N) is 7. The molecular weight excluding hydrogens is 445 g/mol. The normalized spacial score (nSPS) is 11.6. The maximum atomic E-state index is 12.7. The number of carbonyl (C=O) groups is 1. The van der Waals surface area contributed by atoms with Crippen LogP contribution in [0.3, 0.4) is 0 Å². The third-order valence-electron chi connectivity index (χ3n) is 4.47. The summed E-state index contributed by atoms with van der Waals surface area (Å²) in [4.78, 5) is 22.4. The molecule has 11 nitrogen and oxygen atoms in total. The number of rotatable bonds is 5. The lowest BCUT2D eigenvalue weighted by atomic mass is 10.0. The summed E-state index contributed by atoms with van der Waals surface area (Å²) in [5.74, 6) is 0.340. The summed E-state index contributed by atoms with van der Waals surface area (Å²) in [6.07, 6.45) is 5.97. The van der Waals surface area contributed by atoms with E-state index in [2.05, 4.69) is 35.9 Å². The average Bonchev–Trinajstić information content (AvgIpc) is 3.36. The highest BCUT2D eigenvalue weighted by Gasteiger charge is 2.29. The highest BCUT2D eigenvalue weighted by atomic mass is 35.5. The molecule has 0 atom stereocenters. The summed E-state index contributed by atoms with van der Waals surface area (Å²) in [6.45, 7) is 3.68. The van der Waals surface area contributed by atoms with Gasteiger partial charge in [0, 0.05) is 13.2 Å². The standard InChI is InChI=1S/C18H17Cl2N9O2/c1-18(2,31-3)15-12(9-21-14-7-13(20)27-28(14)15)26-17(30)25-10-6-11(19)16(22-8-10)29-23-4-5-24-29/h4-9H,1-3H3,(H2,25,26,30). The van der Waals surface area contributed by atoms with Crippen LogP contribution in [0.25, 0.3) is 11.5 Å². The van der Waals surface area contributed by atoms with E-state index in [0.29, 0.717) is 28.5 Å². The van der Waals surface area contributed by atoms with Gasteiger partial charge in [0.1, 0.15) is 11.3 Å². The maximum absolute atomic E-state index is 12.7. The molecule has 160 valence electrons. The third kappa shape index (κ3) is 4.15. The van der Waals surface area contributed by atoms with Crippen LogP contribution < -0.4 is 10.6 Å². The van der Waals surface area contributed by atoms with E-state index < -0.39 is 11.6 Å². The molecule has 0 fully saturated rings. The van der Waals surface area contributed by atoms with E-state index in [4.69, 9.17) is 27.9 Å². The number of hydrogen-bond donors (Lipinski definition) is 2. The molecule has 0 aliphatic heterocycles. The molecule has 0 spiro atoms. The van der Waals surface area contributed by atoms with E-state index in [1.165, 1.54) is 34.1 Å². The second-order valence-electron chi connectivity index (χ2n) is 6.90. The molecule has 0 bridgehead atoms. The fraction of sp³-hybridized carbons (Fsp3) is 0.222.